The van der Waals surface area contributed by atoms with E-state index in [0.29, 0.717) is 12.0 Å². The molecule has 5 aromatic rings. The first kappa shape index (κ1) is 32.2. The summed E-state index contributed by atoms with van der Waals surface area (Å²) >= 11 is 0.823. The zero-order valence-electron chi connectivity index (χ0n) is 25.3. The second-order valence-corrected chi connectivity index (χ2v) is 12.6. The maximum absolute atomic E-state index is 15.3. The Balaban J connectivity index is 1.44. The van der Waals surface area contributed by atoms with E-state index >= 15 is 4.39 Å². The standard InChI is InChI=1S/C35H31FN2O7S/c1-35(2,3)45-34(41)37-27(33(39)40)20-46-31-18-25(26(36)19-28(31)38(42)43)22-13-15-23(16-14-22)32-24-11-7-8-12-29(24)44-30(32)17-21-9-5-4-6-10-21/h4-16,18-19,27H,17,20H2,1-3H3,(H,37,41)(H,39,40)/t27-/m0/s1. The molecule has 1 amide bonds. The van der Waals surface area contributed by atoms with Gasteiger partial charge in [-0.3, -0.25) is 10.1 Å². The third-order valence-electron chi connectivity index (χ3n) is 7.00. The molecule has 11 heteroatoms. The molecule has 1 aromatic heterocycles. The number of hydrogen-bond donors (Lipinski definition) is 2. The summed E-state index contributed by atoms with van der Waals surface area (Å²) in [7, 11) is 0. The van der Waals surface area contributed by atoms with Gasteiger partial charge in [-0.05, 0) is 49.6 Å². The number of carbonyl (C=O) groups excluding carboxylic acids is 1. The number of carboxylic acid groups (broad SMARTS) is 1. The number of rotatable bonds is 10. The molecule has 236 valence electrons. The normalized spacial score (nSPS) is 12.1. The molecule has 0 bridgehead atoms. The molecule has 0 saturated carbocycles. The van der Waals surface area contributed by atoms with Crippen LogP contribution in [0.3, 0.4) is 0 Å². The highest BCUT2D eigenvalue weighted by Gasteiger charge is 2.27. The average molecular weight is 643 g/mol. The van der Waals surface area contributed by atoms with Crippen molar-refractivity contribution in [3.05, 3.63) is 118 Å². The molecule has 4 aromatic carbocycles. The fraction of sp³-hybridized carbons (Fsp3) is 0.200. The number of furan rings is 1. The molecule has 5 rings (SSSR count). The minimum absolute atomic E-state index is 0.0497. The van der Waals surface area contributed by atoms with Crippen molar-refractivity contribution in [1.82, 2.24) is 5.32 Å². The number of benzene rings is 4. The number of nitro groups is 1. The van der Waals surface area contributed by atoms with Crippen molar-refractivity contribution in [1.29, 1.82) is 0 Å². The van der Waals surface area contributed by atoms with Crippen LogP contribution in [0.4, 0.5) is 14.9 Å². The molecule has 0 aliphatic carbocycles. The number of halogens is 1. The number of nitro benzene ring substituents is 1. The number of nitrogens with one attached hydrogen (secondary N) is 1. The molecule has 0 aliphatic rings. The first-order valence-corrected chi connectivity index (χ1v) is 15.4. The molecule has 46 heavy (non-hydrogen) atoms. The van der Waals surface area contributed by atoms with Crippen molar-refractivity contribution in [3.8, 4) is 22.3 Å². The maximum Gasteiger partial charge on any atom is 0.408 e. The summed E-state index contributed by atoms with van der Waals surface area (Å²) in [5, 5.41) is 24.6. The van der Waals surface area contributed by atoms with Crippen LogP contribution in [0, 0.1) is 15.9 Å². The summed E-state index contributed by atoms with van der Waals surface area (Å²) in [5.74, 6) is -1.63. The van der Waals surface area contributed by atoms with Gasteiger partial charge in [0.25, 0.3) is 5.69 Å². The smallest absolute Gasteiger partial charge is 0.408 e. The number of alkyl carbamates (subject to hydrolysis) is 1. The van der Waals surface area contributed by atoms with E-state index in [2.05, 4.69) is 5.32 Å². The predicted octanol–water partition coefficient (Wildman–Crippen LogP) is 8.47. The average Bonchev–Trinajstić information content (AvgIpc) is 3.36. The van der Waals surface area contributed by atoms with Gasteiger partial charge in [-0.25, -0.2) is 14.0 Å². The van der Waals surface area contributed by atoms with E-state index < -0.39 is 40.1 Å². The zero-order valence-corrected chi connectivity index (χ0v) is 26.1. The molecule has 0 unspecified atom stereocenters. The van der Waals surface area contributed by atoms with Gasteiger partial charge in [0, 0.05) is 28.7 Å². The lowest BCUT2D eigenvalue weighted by molar-refractivity contribution is -0.387. The van der Waals surface area contributed by atoms with Gasteiger partial charge in [0.1, 0.15) is 28.8 Å². The number of para-hydroxylation sites is 1. The van der Waals surface area contributed by atoms with Gasteiger partial charge in [0.2, 0.25) is 0 Å². The molecule has 2 N–H and O–H groups in total. The van der Waals surface area contributed by atoms with Crippen LogP contribution in [-0.2, 0) is 16.0 Å². The van der Waals surface area contributed by atoms with E-state index in [1.54, 1.807) is 32.9 Å². The fourth-order valence-electron chi connectivity index (χ4n) is 4.95. The van der Waals surface area contributed by atoms with Gasteiger partial charge in [0.15, 0.2) is 0 Å². The van der Waals surface area contributed by atoms with Crippen LogP contribution >= 0.6 is 11.8 Å². The minimum Gasteiger partial charge on any atom is -0.480 e. The molecule has 9 nitrogen and oxygen atoms in total. The molecule has 1 atom stereocenters. The number of thioether (sulfide) groups is 1. The molecule has 0 spiro atoms. The van der Waals surface area contributed by atoms with Crippen LogP contribution < -0.4 is 5.32 Å². The first-order chi connectivity index (χ1) is 21.9. The molecule has 1 heterocycles. The topological polar surface area (TPSA) is 132 Å². The summed E-state index contributed by atoms with van der Waals surface area (Å²) < 4.78 is 26.7. The van der Waals surface area contributed by atoms with E-state index in [4.69, 9.17) is 9.15 Å². The maximum atomic E-state index is 15.3. The second kappa shape index (κ2) is 13.5. The monoisotopic (exact) mass is 642 g/mol. The Kier molecular flexibility index (Phi) is 9.43. The largest absolute Gasteiger partial charge is 0.480 e. The van der Waals surface area contributed by atoms with Gasteiger partial charge >= 0.3 is 12.1 Å². The predicted molar refractivity (Wildman–Crippen MR) is 174 cm³/mol. The van der Waals surface area contributed by atoms with Gasteiger partial charge in [-0.1, -0.05) is 72.8 Å². The fourth-order valence-corrected chi connectivity index (χ4v) is 6.01. The van der Waals surface area contributed by atoms with Gasteiger partial charge in [-0.2, -0.15) is 0 Å². The quantitative estimate of drug-likeness (QED) is 0.0881. The van der Waals surface area contributed by atoms with Crippen molar-refractivity contribution in [2.45, 2.75) is 43.7 Å². The highest BCUT2D eigenvalue weighted by Crippen LogP contribution is 2.39. The van der Waals surface area contributed by atoms with Crippen molar-refractivity contribution in [2.24, 2.45) is 0 Å². The SMILES string of the molecule is CC(C)(C)OC(=O)N[C@@H](CSc1cc(-c2ccc(-c3c(Cc4ccccc4)oc4ccccc34)cc2)c(F)cc1[N+](=O)[O-])C(=O)O. The Morgan fingerprint density at radius 2 is 1.65 bits per heavy atom. The highest BCUT2D eigenvalue weighted by atomic mass is 32.2. The van der Waals surface area contributed by atoms with E-state index in [9.17, 15) is 24.8 Å². The zero-order chi connectivity index (χ0) is 33.0. The summed E-state index contributed by atoms with van der Waals surface area (Å²) in [5.41, 5.74) is 2.82. The summed E-state index contributed by atoms with van der Waals surface area (Å²) in [6.07, 6.45) is -0.364. The molecular weight excluding hydrogens is 611 g/mol. The number of nitrogens with zero attached hydrogens (tertiary/aromatic N) is 1. The van der Waals surface area contributed by atoms with Crippen molar-refractivity contribution < 1.29 is 33.2 Å². The number of hydrogen-bond acceptors (Lipinski definition) is 7. The van der Waals surface area contributed by atoms with Crippen molar-refractivity contribution >= 4 is 40.5 Å². The highest BCUT2D eigenvalue weighted by molar-refractivity contribution is 7.99. The molecule has 0 aliphatic heterocycles. The van der Waals surface area contributed by atoms with Gasteiger partial charge < -0.3 is 19.6 Å². The van der Waals surface area contributed by atoms with Crippen molar-refractivity contribution in [3.63, 3.8) is 0 Å². The summed E-state index contributed by atoms with van der Waals surface area (Å²) in [6, 6.07) is 25.6. The van der Waals surface area contributed by atoms with Gasteiger partial charge in [0.05, 0.1) is 15.9 Å². The number of amides is 1. The van der Waals surface area contributed by atoms with Crippen molar-refractivity contribution in [2.75, 3.05) is 5.75 Å². The van der Waals surface area contributed by atoms with Gasteiger partial charge in [-0.15, -0.1) is 11.8 Å². The lowest BCUT2D eigenvalue weighted by Crippen LogP contribution is -2.44. The molecule has 0 fully saturated rings. The third kappa shape index (κ3) is 7.55. The first-order valence-electron chi connectivity index (χ1n) is 14.4. The van der Waals surface area contributed by atoms with Crippen LogP contribution in [0.2, 0.25) is 0 Å². The lowest BCUT2D eigenvalue weighted by Gasteiger charge is -2.22. The Labute approximate surface area is 268 Å². The number of aliphatic carboxylic acids is 1. The second-order valence-electron chi connectivity index (χ2n) is 11.5. The molecule has 0 saturated heterocycles. The lowest BCUT2D eigenvalue weighted by atomic mass is 9.96. The molecule has 0 radical (unpaired) electrons. The van der Waals surface area contributed by atoms with E-state index in [0.717, 1.165) is 51.2 Å². The minimum atomic E-state index is -1.41. The Bertz CT molecular complexity index is 1900. The number of fused-ring (bicyclic) bond motifs is 1. The van der Waals surface area contributed by atoms with Crippen LogP contribution in [0.15, 0.2) is 100 Å². The summed E-state index contributed by atoms with van der Waals surface area (Å²) in [6.45, 7) is 4.90. The van der Waals surface area contributed by atoms with E-state index in [1.807, 2.05) is 66.7 Å². The Hall–Kier alpha value is -5.16. The number of carboxylic acids is 1. The Morgan fingerprint density at radius 1 is 1.00 bits per heavy atom. The van der Waals surface area contributed by atoms with E-state index in [1.165, 1.54) is 6.07 Å². The van der Waals surface area contributed by atoms with Crippen LogP contribution in [-0.4, -0.2) is 39.5 Å². The van der Waals surface area contributed by atoms with E-state index in [-0.39, 0.29) is 16.2 Å². The number of ether oxygens (including phenoxy) is 1. The molecular formula is C35H31FN2O7S. The Morgan fingerprint density at radius 3 is 2.30 bits per heavy atom. The van der Waals surface area contributed by atoms with Crippen LogP contribution in [0.25, 0.3) is 33.2 Å². The third-order valence-corrected chi connectivity index (χ3v) is 8.14. The van der Waals surface area contributed by atoms with Crippen LogP contribution in [0.1, 0.15) is 32.1 Å². The summed E-state index contributed by atoms with van der Waals surface area (Å²) in [4.78, 5) is 35.1. The van der Waals surface area contributed by atoms with Crippen LogP contribution in [0.5, 0.6) is 0 Å². The number of carbonyl (C=O) groups is 2.